The van der Waals surface area contributed by atoms with Crippen molar-refractivity contribution in [1.82, 2.24) is 0 Å². The molecule has 0 aliphatic carbocycles. The maximum Gasteiger partial charge on any atom is 0.334 e. The molecule has 0 saturated heterocycles. The van der Waals surface area contributed by atoms with Crippen molar-refractivity contribution < 1.29 is 28.6 Å². The molecule has 0 fully saturated rings. The normalized spacial score (nSPS) is 12.1. The average Bonchev–Trinajstić information content (AvgIpc) is 2.81. The minimum absolute atomic E-state index is 0.0649. The van der Waals surface area contributed by atoms with Crippen molar-refractivity contribution in [2.24, 2.45) is 10.9 Å². The third-order valence-electron chi connectivity index (χ3n) is 4.48. The van der Waals surface area contributed by atoms with Crippen LogP contribution in [-0.2, 0) is 28.6 Å². The second-order valence-electron chi connectivity index (χ2n) is 6.42. The van der Waals surface area contributed by atoms with Crippen LogP contribution < -0.4 is 0 Å². The first kappa shape index (κ1) is 23.5. The number of rotatable bonds is 9. The summed E-state index contributed by atoms with van der Waals surface area (Å²) in [5.74, 6) is -3.90. The Labute approximate surface area is 181 Å². The molecule has 0 radical (unpaired) electrons. The zero-order valence-electron chi connectivity index (χ0n) is 17.7. The molecule has 162 valence electrons. The monoisotopic (exact) mass is 423 g/mol. The summed E-state index contributed by atoms with van der Waals surface area (Å²) in [5, 5.41) is 0. The molecular weight excluding hydrogens is 398 g/mol. The number of ether oxygens (including phenoxy) is 3. The van der Waals surface area contributed by atoms with Gasteiger partial charge < -0.3 is 14.2 Å². The quantitative estimate of drug-likeness (QED) is 0.267. The molecule has 0 saturated carbocycles. The molecule has 2 unspecified atom stereocenters. The van der Waals surface area contributed by atoms with E-state index >= 15 is 0 Å². The van der Waals surface area contributed by atoms with Crippen LogP contribution in [0.5, 0.6) is 0 Å². The first-order valence-corrected chi connectivity index (χ1v) is 9.64. The molecule has 31 heavy (non-hydrogen) atoms. The molecule has 0 aliphatic rings. The maximum atomic E-state index is 12.9. The molecule has 2 atom stereocenters. The zero-order valence-corrected chi connectivity index (χ0v) is 17.7. The van der Waals surface area contributed by atoms with E-state index in [1.807, 2.05) is 60.7 Å². The van der Waals surface area contributed by atoms with Gasteiger partial charge in [-0.25, -0.2) is 9.59 Å². The topological polar surface area (TPSA) is 91.3 Å². The van der Waals surface area contributed by atoms with Gasteiger partial charge in [-0.1, -0.05) is 67.2 Å². The third-order valence-corrected chi connectivity index (χ3v) is 4.48. The Balaban J connectivity index is 2.71. The van der Waals surface area contributed by atoms with Gasteiger partial charge in [0.25, 0.3) is 0 Å². The van der Waals surface area contributed by atoms with E-state index in [9.17, 15) is 14.4 Å². The summed E-state index contributed by atoms with van der Waals surface area (Å²) in [6.45, 7) is 5.36. The van der Waals surface area contributed by atoms with Crippen LogP contribution in [0.25, 0.3) is 0 Å². The number of carbonyl (C=O) groups excluding carboxylic acids is 3. The molecule has 0 bridgehead atoms. The molecule has 2 aromatic rings. The standard InChI is InChI=1S/C24H25NO6/c1-5-31-24(28)21(19(23(27)30-4)16(2)22(26)29-3)25-20(17-12-8-6-9-13-17)18-14-10-7-11-15-18/h6-15,19,21H,2,5H2,1,3-4H3. The highest BCUT2D eigenvalue weighted by Crippen LogP contribution is 2.24. The Morgan fingerprint density at radius 1 is 0.871 bits per heavy atom. The van der Waals surface area contributed by atoms with Gasteiger partial charge in [0.05, 0.1) is 26.5 Å². The van der Waals surface area contributed by atoms with Gasteiger partial charge in [0.2, 0.25) is 0 Å². The van der Waals surface area contributed by atoms with Gasteiger partial charge in [-0.05, 0) is 6.92 Å². The summed E-state index contributed by atoms with van der Waals surface area (Å²) in [4.78, 5) is 42.3. The van der Waals surface area contributed by atoms with Gasteiger partial charge >= 0.3 is 17.9 Å². The van der Waals surface area contributed by atoms with E-state index in [-0.39, 0.29) is 12.2 Å². The van der Waals surface area contributed by atoms with Crippen LogP contribution >= 0.6 is 0 Å². The smallest absolute Gasteiger partial charge is 0.334 e. The van der Waals surface area contributed by atoms with Crippen molar-refractivity contribution in [3.63, 3.8) is 0 Å². The van der Waals surface area contributed by atoms with E-state index in [4.69, 9.17) is 14.2 Å². The number of esters is 3. The Morgan fingerprint density at radius 3 is 1.81 bits per heavy atom. The molecule has 0 aromatic heterocycles. The van der Waals surface area contributed by atoms with E-state index in [1.165, 1.54) is 0 Å². The fourth-order valence-electron chi connectivity index (χ4n) is 2.98. The Bertz CT molecular complexity index is 911. The molecule has 0 spiro atoms. The van der Waals surface area contributed by atoms with Crippen molar-refractivity contribution >= 4 is 23.6 Å². The van der Waals surface area contributed by atoms with Gasteiger partial charge in [0.15, 0.2) is 6.04 Å². The molecule has 2 rings (SSSR count). The first-order valence-electron chi connectivity index (χ1n) is 9.64. The van der Waals surface area contributed by atoms with Gasteiger partial charge in [0.1, 0.15) is 5.92 Å². The highest BCUT2D eigenvalue weighted by Gasteiger charge is 2.41. The highest BCUT2D eigenvalue weighted by atomic mass is 16.5. The minimum atomic E-state index is -1.42. The third kappa shape index (κ3) is 5.88. The lowest BCUT2D eigenvalue weighted by molar-refractivity contribution is -0.154. The Kier molecular flexibility index (Phi) is 8.69. The van der Waals surface area contributed by atoms with Crippen LogP contribution in [0.3, 0.4) is 0 Å². The molecule has 2 aromatic carbocycles. The predicted octanol–water partition coefficient (Wildman–Crippen LogP) is 2.97. The number of nitrogens with zero attached hydrogens (tertiary/aromatic N) is 1. The summed E-state index contributed by atoms with van der Waals surface area (Å²) in [7, 11) is 2.31. The summed E-state index contributed by atoms with van der Waals surface area (Å²) in [6, 6.07) is 16.9. The maximum absolute atomic E-state index is 12.9. The molecule has 7 nitrogen and oxygen atoms in total. The number of hydrogen-bond donors (Lipinski definition) is 0. The van der Waals surface area contributed by atoms with Crippen LogP contribution in [0.1, 0.15) is 18.1 Å². The highest BCUT2D eigenvalue weighted by molar-refractivity contribution is 6.14. The predicted molar refractivity (Wildman–Crippen MR) is 116 cm³/mol. The Morgan fingerprint density at radius 2 is 1.39 bits per heavy atom. The number of hydrogen-bond acceptors (Lipinski definition) is 7. The van der Waals surface area contributed by atoms with Crippen molar-refractivity contribution in [2.75, 3.05) is 20.8 Å². The minimum Gasteiger partial charge on any atom is -0.468 e. The molecular formula is C24H25NO6. The van der Waals surface area contributed by atoms with Crippen molar-refractivity contribution in [3.8, 4) is 0 Å². The largest absolute Gasteiger partial charge is 0.468 e. The van der Waals surface area contributed by atoms with E-state index < -0.39 is 29.9 Å². The van der Waals surface area contributed by atoms with Crippen LogP contribution in [0.2, 0.25) is 0 Å². The van der Waals surface area contributed by atoms with Gasteiger partial charge in [-0.3, -0.25) is 9.79 Å². The SMILES string of the molecule is C=C(C(=O)OC)C(C(=O)OC)C(N=C(c1ccccc1)c1ccccc1)C(=O)OCC. The molecule has 0 heterocycles. The van der Waals surface area contributed by atoms with Crippen LogP contribution in [-0.4, -0.2) is 50.5 Å². The number of carbonyl (C=O) groups is 3. The summed E-state index contributed by atoms with van der Waals surface area (Å²) < 4.78 is 14.7. The second kappa shape index (κ2) is 11.4. The van der Waals surface area contributed by atoms with Gasteiger partial charge in [0, 0.05) is 16.7 Å². The lowest BCUT2D eigenvalue weighted by Crippen LogP contribution is -2.39. The zero-order chi connectivity index (χ0) is 22.8. The molecule has 0 amide bonds. The number of aliphatic imine (C=N–C) groups is 1. The van der Waals surface area contributed by atoms with E-state index in [0.717, 1.165) is 25.3 Å². The first-order chi connectivity index (χ1) is 14.9. The lowest BCUT2D eigenvalue weighted by Gasteiger charge is -2.23. The van der Waals surface area contributed by atoms with Crippen LogP contribution in [0.4, 0.5) is 0 Å². The fourth-order valence-corrected chi connectivity index (χ4v) is 2.98. The summed E-state index contributed by atoms with van der Waals surface area (Å²) in [6.07, 6.45) is 0. The summed E-state index contributed by atoms with van der Waals surface area (Å²) in [5.41, 5.74) is 1.63. The average molecular weight is 423 g/mol. The van der Waals surface area contributed by atoms with Crippen molar-refractivity contribution in [1.29, 1.82) is 0 Å². The van der Waals surface area contributed by atoms with Crippen LogP contribution in [0, 0.1) is 5.92 Å². The number of methoxy groups -OCH3 is 2. The van der Waals surface area contributed by atoms with Gasteiger partial charge in [-0.2, -0.15) is 0 Å². The Hall–Kier alpha value is -3.74. The van der Waals surface area contributed by atoms with Crippen LogP contribution in [0.15, 0.2) is 77.8 Å². The van der Waals surface area contributed by atoms with E-state index in [1.54, 1.807) is 6.92 Å². The molecule has 0 N–H and O–H groups in total. The van der Waals surface area contributed by atoms with E-state index in [2.05, 4.69) is 11.6 Å². The fraction of sp³-hybridized carbons (Fsp3) is 0.250. The van der Waals surface area contributed by atoms with Crippen molar-refractivity contribution in [2.45, 2.75) is 13.0 Å². The summed E-state index contributed by atoms with van der Waals surface area (Å²) >= 11 is 0. The lowest BCUT2D eigenvalue weighted by atomic mass is 9.91. The van der Waals surface area contributed by atoms with Gasteiger partial charge in [-0.15, -0.1) is 0 Å². The molecule has 7 heteroatoms. The second-order valence-corrected chi connectivity index (χ2v) is 6.42. The van der Waals surface area contributed by atoms with E-state index in [0.29, 0.717) is 5.71 Å². The number of benzene rings is 2. The molecule has 0 aliphatic heterocycles. The van der Waals surface area contributed by atoms with Crippen molar-refractivity contribution in [3.05, 3.63) is 83.9 Å².